The Morgan fingerprint density at radius 3 is 2.77 bits per heavy atom. The van der Waals surface area contributed by atoms with Crippen molar-refractivity contribution in [2.24, 2.45) is 0 Å². The lowest BCUT2D eigenvalue weighted by atomic mass is 10.1. The Balaban J connectivity index is 1.57. The number of fused-ring (bicyclic) bond motifs is 1. The lowest BCUT2D eigenvalue weighted by molar-refractivity contribution is 0.101. The zero-order valence-corrected chi connectivity index (χ0v) is 14.4. The van der Waals surface area contributed by atoms with E-state index in [1.807, 2.05) is 0 Å². The minimum Gasteiger partial charge on any atom is -0.355 e. The van der Waals surface area contributed by atoms with Gasteiger partial charge in [-0.25, -0.2) is 13.8 Å². The number of anilines is 1. The fourth-order valence-corrected chi connectivity index (χ4v) is 3.36. The molecule has 26 heavy (non-hydrogen) atoms. The smallest absolute Gasteiger partial charge is 0.279 e. The maximum absolute atomic E-state index is 13.3. The molecular weight excluding hydrogens is 384 g/mol. The first-order chi connectivity index (χ1) is 12.5. The van der Waals surface area contributed by atoms with Crippen LogP contribution < -0.4 is 5.32 Å². The van der Waals surface area contributed by atoms with Crippen molar-refractivity contribution in [1.82, 2.24) is 10.1 Å². The number of halogens is 3. The molecule has 0 aliphatic carbocycles. The van der Waals surface area contributed by atoms with E-state index in [0.717, 1.165) is 23.5 Å². The summed E-state index contributed by atoms with van der Waals surface area (Å²) in [5.74, 6) is -2.14. The lowest BCUT2D eigenvalue weighted by Gasteiger charge is -1.96. The van der Waals surface area contributed by atoms with Crippen molar-refractivity contribution in [2.75, 3.05) is 5.32 Å². The van der Waals surface area contributed by atoms with Gasteiger partial charge < -0.3 is 4.52 Å². The second kappa shape index (κ2) is 6.47. The van der Waals surface area contributed by atoms with Crippen LogP contribution in [0.15, 0.2) is 47.0 Å². The molecule has 0 spiro atoms. The van der Waals surface area contributed by atoms with Crippen LogP contribution in [0.1, 0.15) is 10.5 Å². The lowest BCUT2D eigenvalue weighted by Crippen LogP contribution is -2.11. The van der Waals surface area contributed by atoms with Gasteiger partial charge >= 0.3 is 0 Å². The Morgan fingerprint density at radius 1 is 1.15 bits per heavy atom. The van der Waals surface area contributed by atoms with Gasteiger partial charge in [0.05, 0.1) is 10.2 Å². The molecule has 1 amide bonds. The topological polar surface area (TPSA) is 68.0 Å². The van der Waals surface area contributed by atoms with Gasteiger partial charge in [0.25, 0.3) is 5.91 Å². The molecule has 9 heteroatoms. The molecule has 0 saturated heterocycles. The molecule has 0 fully saturated rings. The van der Waals surface area contributed by atoms with Crippen LogP contribution in [0.2, 0.25) is 5.02 Å². The van der Waals surface area contributed by atoms with E-state index in [0.29, 0.717) is 21.0 Å². The van der Waals surface area contributed by atoms with Gasteiger partial charge in [-0.2, -0.15) is 0 Å². The number of amides is 1. The fraction of sp³-hybridized carbons (Fsp3) is 0. The number of rotatable bonds is 3. The number of benzene rings is 2. The van der Waals surface area contributed by atoms with E-state index in [2.05, 4.69) is 15.5 Å². The van der Waals surface area contributed by atoms with Crippen molar-refractivity contribution >= 4 is 44.2 Å². The highest BCUT2D eigenvalue weighted by Crippen LogP contribution is 2.28. The van der Waals surface area contributed by atoms with Crippen LogP contribution in [0.3, 0.4) is 0 Å². The van der Waals surface area contributed by atoms with Crippen LogP contribution >= 0.6 is 22.9 Å². The molecule has 0 bridgehead atoms. The van der Waals surface area contributed by atoms with Crippen molar-refractivity contribution < 1.29 is 18.1 Å². The van der Waals surface area contributed by atoms with Gasteiger partial charge in [0.1, 0.15) is 0 Å². The van der Waals surface area contributed by atoms with Crippen LogP contribution in [0, 0.1) is 11.6 Å². The third-order valence-electron chi connectivity index (χ3n) is 3.50. The minimum atomic E-state index is -0.997. The molecule has 2 heterocycles. The summed E-state index contributed by atoms with van der Waals surface area (Å²) in [6.45, 7) is 0. The van der Waals surface area contributed by atoms with Crippen LogP contribution in [0.5, 0.6) is 0 Å². The Kier molecular flexibility index (Phi) is 4.14. The van der Waals surface area contributed by atoms with Crippen LogP contribution in [0.4, 0.5) is 13.9 Å². The fourth-order valence-electron chi connectivity index (χ4n) is 2.30. The van der Waals surface area contributed by atoms with Crippen LogP contribution in [-0.4, -0.2) is 16.0 Å². The monoisotopic (exact) mass is 391 g/mol. The second-order valence-electron chi connectivity index (χ2n) is 5.29. The van der Waals surface area contributed by atoms with Crippen LogP contribution in [0.25, 0.3) is 21.5 Å². The first kappa shape index (κ1) is 16.6. The summed E-state index contributed by atoms with van der Waals surface area (Å²) >= 11 is 6.95. The highest BCUT2D eigenvalue weighted by atomic mass is 35.5. The van der Waals surface area contributed by atoms with E-state index in [1.165, 1.54) is 6.07 Å². The highest BCUT2D eigenvalue weighted by molar-refractivity contribution is 7.22. The van der Waals surface area contributed by atoms with Gasteiger partial charge in [0, 0.05) is 22.7 Å². The number of thiazole rings is 1. The first-order valence-electron chi connectivity index (χ1n) is 7.29. The van der Waals surface area contributed by atoms with E-state index in [-0.39, 0.29) is 16.3 Å². The largest absolute Gasteiger partial charge is 0.355 e. The van der Waals surface area contributed by atoms with E-state index in [1.54, 1.807) is 24.3 Å². The molecule has 4 aromatic rings. The maximum atomic E-state index is 13.3. The van der Waals surface area contributed by atoms with Crippen molar-refractivity contribution in [1.29, 1.82) is 0 Å². The molecule has 2 aromatic heterocycles. The third-order valence-corrected chi connectivity index (χ3v) is 4.67. The summed E-state index contributed by atoms with van der Waals surface area (Å²) in [6.07, 6.45) is 0. The minimum absolute atomic E-state index is 0.0385. The van der Waals surface area contributed by atoms with Crippen molar-refractivity contribution in [2.45, 2.75) is 0 Å². The van der Waals surface area contributed by atoms with Crippen molar-refractivity contribution in [3.63, 3.8) is 0 Å². The number of carbonyl (C=O) groups excluding carboxylic acids is 1. The van der Waals surface area contributed by atoms with E-state index in [4.69, 9.17) is 16.1 Å². The first-order valence-corrected chi connectivity index (χ1v) is 8.48. The van der Waals surface area contributed by atoms with E-state index in [9.17, 15) is 13.6 Å². The summed E-state index contributed by atoms with van der Waals surface area (Å²) in [6, 6.07) is 10.4. The van der Waals surface area contributed by atoms with E-state index < -0.39 is 17.5 Å². The Labute approximate surface area is 154 Å². The van der Waals surface area contributed by atoms with Gasteiger partial charge in [-0.05, 0) is 18.2 Å². The molecule has 5 nitrogen and oxygen atoms in total. The van der Waals surface area contributed by atoms with Gasteiger partial charge in [0.2, 0.25) is 0 Å². The molecule has 130 valence electrons. The van der Waals surface area contributed by atoms with E-state index >= 15 is 0 Å². The molecule has 2 aromatic carbocycles. The van der Waals surface area contributed by atoms with Gasteiger partial charge in [-0.1, -0.05) is 40.2 Å². The molecule has 0 saturated carbocycles. The Hall–Kier alpha value is -2.84. The molecule has 1 N–H and O–H groups in total. The summed E-state index contributed by atoms with van der Waals surface area (Å²) in [4.78, 5) is 16.4. The van der Waals surface area contributed by atoms with Crippen LogP contribution in [-0.2, 0) is 0 Å². The molecule has 0 aliphatic rings. The van der Waals surface area contributed by atoms with Gasteiger partial charge in [-0.3, -0.25) is 10.1 Å². The standard InChI is InChI=1S/C17H8ClF2N3O2S/c18-9-3-1-2-8(4-9)14-7-13(23-25-14)16(24)22-17-21-12-5-10(19)11(20)6-15(12)26-17/h1-7H,(H,21,22,24). The SMILES string of the molecule is O=C(Nc1nc2cc(F)c(F)cc2s1)c1cc(-c2cccc(Cl)c2)on1. The molecule has 4 rings (SSSR count). The van der Waals surface area contributed by atoms with Gasteiger partial charge in [0.15, 0.2) is 28.2 Å². The number of nitrogens with one attached hydrogen (secondary N) is 1. The molecule has 0 radical (unpaired) electrons. The predicted molar refractivity (Wildman–Crippen MR) is 94.4 cm³/mol. The molecule has 0 atom stereocenters. The second-order valence-corrected chi connectivity index (χ2v) is 6.76. The normalized spacial score (nSPS) is 11.0. The molecular formula is C17H8ClF2N3O2S. The number of hydrogen-bond acceptors (Lipinski definition) is 5. The quantitative estimate of drug-likeness (QED) is 0.525. The summed E-state index contributed by atoms with van der Waals surface area (Å²) in [5.41, 5.74) is 0.968. The summed E-state index contributed by atoms with van der Waals surface area (Å²) in [7, 11) is 0. The maximum Gasteiger partial charge on any atom is 0.279 e. The summed E-state index contributed by atoms with van der Waals surface area (Å²) in [5, 5.41) is 6.99. The molecule has 0 aliphatic heterocycles. The third kappa shape index (κ3) is 3.16. The average Bonchev–Trinajstić information content (AvgIpc) is 3.22. The van der Waals surface area contributed by atoms with Crippen molar-refractivity contribution in [3.05, 3.63) is 64.8 Å². The summed E-state index contributed by atoms with van der Waals surface area (Å²) < 4.78 is 32.1. The molecule has 0 unspecified atom stereocenters. The van der Waals surface area contributed by atoms with Gasteiger partial charge in [-0.15, -0.1) is 0 Å². The number of aromatic nitrogens is 2. The number of nitrogens with zero attached hydrogens (tertiary/aromatic N) is 2. The van der Waals surface area contributed by atoms with Crippen molar-refractivity contribution in [3.8, 4) is 11.3 Å². The number of carbonyl (C=O) groups is 1. The average molecular weight is 392 g/mol. The Morgan fingerprint density at radius 2 is 1.96 bits per heavy atom. The number of hydrogen-bond donors (Lipinski definition) is 1. The Bertz CT molecular complexity index is 1100. The zero-order valence-electron chi connectivity index (χ0n) is 12.8. The highest BCUT2D eigenvalue weighted by Gasteiger charge is 2.17. The zero-order chi connectivity index (χ0) is 18.3. The predicted octanol–water partition coefficient (Wildman–Crippen LogP) is 5.14.